The average Bonchev–Trinajstić information content (AvgIpc) is 2.38. The summed E-state index contributed by atoms with van der Waals surface area (Å²) in [5, 5.41) is 5.98. The molecule has 0 radical (unpaired) electrons. The van der Waals surface area contributed by atoms with Crippen molar-refractivity contribution < 1.29 is 9.59 Å². The Bertz CT molecular complexity index is 470. The Morgan fingerprint density at radius 2 is 1.85 bits per heavy atom. The fourth-order valence-electron chi connectivity index (χ4n) is 1.71. The van der Waals surface area contributed by atoms with Gasteiger partial charge in [0.1, 0.15) is 0 Å². The Balaban J connectivity index is 2.68. The van der Waals surface area contributed by atoms with Gasteiger partial charge in [-0.05, 0) is 12.1 Å². The van der Waals surface area contributed by atoms with Crippen molar-refractivity contribution in [2.75, 3.05) is 26.0 Å². The van der Waals surface area contributed by atoms with E-state index in [4.69, 9.17) is 0 Å². The van der Waals surface area contributed by atoms with Crippen LogP contribution in [0.1, 0.15) is 30.6 Å². The molecule has 0 aliphatic carbocycles. The molecule has 20 heavy (non-hydrogen) atoms. The van der Waals surface area contributed by atoms with Crippen LogP contribution in [-0.4, -0.2) is 43.4 Å². The van der Waals surface area contributed by atoms with E-state index in [9.17, 15) is 9.59 Å². The number of para-hydroxylation sites is 1. The van der Waals surface area contributed by atoms with Gasteiger partial charge in [-0.25, -0.2) is 0 Å². The van der Waals surface area contributed by atoms with Crippen LogP contribution in [0.4, 0.5) is 5.69 Å². The monoisotopic (exact) mass is 277 g/mol. The molecule has 0 aliphatic rings. The zero-order valence-corrected chi connectivity index (χ0v) is 12.6. The van der Waals surface area contributed by atoms with E-state index in [0.29, 0.717) is 30.3 Å². The topological polar surface area (TPSA) is 61.4 Å². The number of nitrogens with one attached hydrogen (secondary N) is 2. The third-order valence-electron chi connectivity index (χ3n) is 2.74. The van der Waals surface area contributed by atoms with Crippen molar-refractivity contribution in [2.24, 2.45) is 0 Å². The summed E-state index contributed by atoms with van der Waals surface area (Å²) in [6, 6.07) is 7.39. The van der Waals surface area contributed by atoms with Crippen LogP contribution in [0.25, 0.3) is 0 Å². The standard InChI is InChI=1S/C15H23N3O2/c1-11(2)16-10-9-14(19)17-13-8-6-5-7-12(13)15(20)18(3)4/h5-8,11,16H,9-10H2,1-4H3,(H,17,19). The van der Waals surface area contributed by atoms with Crippen LogP contribution in [0.3, 0.4) is 0 Å². The second-order valence-corrected chi connectivity index (χ2v) is 5.15. The van der Waals surface area contributed by atoms with E-state index >= 15 is 0 Å². The molecule has 0 bridgehead atoms. The average molecular weight is 277 g/mol. The molecule has 0 heterocycles. The van der Waals surface area contributed by atoms with Crippen molar-refractivity contribution in [1.29, 1.82) is 0 Å². The number of benzene rings is 1. The largest absolute Gasteiger partial charge is 0.345 e. The molecule has 0 spiro atoms. The first-order valence-corrected chi connectivity index (χ1v) is 6.75. The molecule has 0 saturated heterocycles. The van der Waals surface area contributed by atoms with Crippen molar-refractivity contribution in [3.63, 3.8) is 0 Å². The Morgan fingerprint density at radius 3 is 2.45 bits per heavy atom. The fourth-order valence-corrected chi connectivity index (χ4v) is 1.71. The normalized spacial score (nSPS) is 10.4. The number of rotatable bonds is 6. The molecule has 0 fully saturated rings. The summed E-state index contributed by atoms with van der Waals surface area (Å²) < 4.78 is 0. The van der Waals surface area contributed by atoms with Gasteiger partial charge in [-0.15, -0.1) is 0 Å². The highest BCUT2D eigenvalue weighted by atomic mass is 16.2. The molecule has 0 saturated carbocycles. The van der Waals surface area contributed by atoms with E-state index < -0.39 is 0 Å². The van der Waals surface area contributed by atoms with Crippen LogP contribution < -0.4 is 10.6 Å². The number of carbonyl (C=O) groups excluding carboxylic acids is 2. The Labute approximate surface area is 120 Å². The highest BCUT2D eigenvalue weighted by Crippen LogP contribution is 2.16. The van der Waals surface area contributed by atoms with Gasteiger partial charge in [0.05, 0.1) is 11.3 Å². The van der Waals surface area contributed by atoms with Gasteiger partial charge < -0.3 is 15.5 Å². The summed E-state index contributed by atoms with van der Waals surface area (Å²) in [7, 11) is 3.38. The molecule has 5 heteroatoms. The lowest BCUT2D eigenvalue weighted by Gasteiger charge is -2.15. The van der Waals surface area contributed by atoms with E-state index in [-0.39, 0.29) is 11.8 Å². The van der Waals surface area contributed by atoms with Crippen LogP contribution in [0.15, 0.2) is 24.3 Å². The zero-order valence-electron chi connectivity index (χ0n) is 12.6. The Hall–Kier alpha value is -1.88. The summed E-state index contributed by atoms with van der Waals surface area (Å²) in [5.41, 5.74) is 1.06. The summed E-state index contributed by atoms with van der Waals surface area (Å²) in [5.74, 6) is -0.224. The molecule has 0 aromatic heterocycles. The molecule has 1 aromatic carbocycles. The van der Waals surface area contributed by atoms with Crippen LogP contribution in [-0.2, 0) is 4.79 Å². The van der Waals surface area contributed by atoms with Gasteiger partial charge in [0.15, 0.2) is 0 Å². The number of amides is 2. The molecule has 0 atom stereocenters. The smallest absolute Gasteiger partial charge is 0.255 e. The van der Waals surface area contributed by atoms with Crippen molar-refractivity contribution in [2.45, 2.75) is 26.3 Å². The number of carbonyl (C=O) groups is 2. The first kappa shape index (κ1) is 16.2. The van der Waals surface area contributed by atoms with Crippen LogP contribution in [0.2, 0.25) is 0 Å². The molecule has 0 aliphatic heterocycles. The minimum atomic E-state index is -0.124. The summed E-state index contributed by atoms with van der Waals surface area (Å²) in [6.07, 6.45) is 0.378. The quantitative estimate of drug-likeness (QED) is 0.832. The van der Waals surface area contributed by atoms with E-state index in [1.54, 1.807) is 38.4 Å². The van der Waals surface area contributed by atoms with Crippen LogP contribution in [0.5, 0.6) is 0 Å². The highest BCUT2D eigenvalue weighted by Gasteiger charge is 2.14. The van der Waals surface area contributed by atoms with E-state index in [2.05, 4.69) is 10.6 Å². The van der Waals surface area contributed by atoms with Gasteiger partial charge in [-0.2, -0.15) is 0 Å². The fraction of sp³-hybridized carbons (Fsp3) is 0.467. The summed E-state index contributed by atoms with van der Waals surface area (Å²) >= 11 is 0. The van der Waals surface area contributed by atoms with Crippen LogP contribution in [0, 0.1) is 0 Å². The molecule has 1 rings (SSSR count). The second kappa shape index (κ2) is 7.65. The first-order valence-electron chi connectivity index (χ1n) is 6.75. The molecule has 2 amide bonds. The molecule has 1 aromatic rings. The number of anilines is 1. The predicted octanol–water partition coefficient (Wildman–Crippen LogP) is 1.71. The van der Waals surface area contributed by atoms with Crippen LogP contribution >= 0.6 is 0 Å². The zero-order chi connectivity index (χ0) is 15.1. The molecular formula is C15H23N3O2. The molecule has 0 unspecified atom stereocenters. The predicted molar refractivity (Wildman–Crippen MR) is 80.8 cm³/mol. The lowest BCUT2D eigenvalue weighted by molar-refractivity contribution is -0.116. The number of hydrogen-bond acceptors (Lipinski definition) is 3. The second-order valence-electron chi connectivity index (χ2n) is 5.15. The van der Waals surface area contributed by atoms with Gasteiger partial charge >= 0.3 is 0 Å². The minimum Gasteiger partial charge on any atom is -0.345 e. The third-order valence-corrected chi connectivity index (χ3v) is 2.74. The van der Waals surface area contributed by atoms with Gasteiger partial charge in [0.2, 0.25) is 5.91 Å². The number of nitrogens with zero attached hydrogens (tertiary/aromatic N) is 1. The number of hydrogen-bond donors (Lipinski definition) is 2. The maximum atomic E-state index is 12.0. The highest BCUT2D eigenvalue weighted by molar-refractivity contribution is 6.03. The summed E-state index contributed by atoms with van der Waals surface area (Å²) in [6.45, 7) is 4.68. The minimum absolute atomic E-state index is 0.0999. The molecule has 5 nitrogen and oxygen atoms in total. The van der Waals surface area contributed by atoms with Crippen molar-refractivity contribution in [3.8, 4) is 0 Å². The van der Waals surface area contributed by atoms with E-state index in [1.165, 1.54) is 4.90 Å². The molecule has 110 valence electrons. The SMILES string of the molecule is CC(C)NCCC(=O)Nc1ccccc1C(=O)N(C)C. The Morgan fingerprint density at radius 1 is 1.20 bits per heavy atom. The van der Waals surface area contributed by atoms with Gasteiger partial charge in [0, 0.05) is 33.1 Å². The third kappa shape index (κ3) is 5.01. The van der Waals surface area contributed by atoms with Crippen molar-refractivity contribution >= 4 is 17.5 Å². The van der Waals surface area contributed by atoms with Crippen molar-refractivity contribution in [1.82, 2.24) is 10.2 Å². The molecular weight excluding hydrogens is 254 g/mol. The first-order chi connectivity index (χ1) is 9.41. The lowest BCUT2D eigenvalue weighted by atomic mass is 10.1. The Kier molecular flexibility index (Phi) is 6.18. The van der Waals surface area contributed by atoms with Gasteiger partial charge in [-0.3, -0.25) is 9.59 Å². The molecule has 2 N–H and O–H groups in total. The van der Waals surface area contributed by atoms with Gasteiger partial charge in [0.25, 0.3) is 5.91 Å². The van der Waals surface area contributed by atoms with E-state index in [0.717, 1.165) is 0 Å². The lowest BCUT2D eigenvalue weighted by Crippen LogP contribution is -2.28. The maximum Gasteiger partial charge on any atom is 0.255 e. The summed E-state index contributed by atoms with van der Waals surface area (Å²) in [4.78, 5) is 25.4. The maximum absolute atomic E-state index is 12.0. The van der Waals surface area contributed by atoms with Gasteiger partial charge in [-0.1, -0.05) is 26.0 Å². The van der Waals surface area contributed by atoms with E-state index in [1.807, 2.05) is 13.8 Å². The van der Waals surface area contributed by atoms with Crippen molar-refractivity contribution in [3.05, 3.63) is 29.8 Å².